The van der Waals surface area contributed by atoms with Crippen molar-refractivity contribution in [3.8, 4) is 5.75 Å². The van der Waals surface area contributed by atoms with Crippen LogP contribution in [0.5, 0.6) is 5.75 Å². The first-order valence-corrected chi connectivity index (χ1v) is 7.51. The summed E-state index contributed by atoms with van der Waals surface area (Å²) in [5.74, 6) is 0.612. The number of carbonyl (C=O) groups excluding carboxylic acids is 1. The largest absolute Gasteiger partial charge is 0.494 e. The zero-order valence-corrected chi connectivity index (χ0v) is 13.5. The van der Waals surface area contributed by atoms with Crippen molar-refractivity contribution >= 4 is 34.7 Å². The van der Waals surface area contributed by atoms with E-state index in [4.69, 9.17) is 27.9 Å². The Kier molecular flexibility index (Phi) is 5.87. The highest BCUT2D eigenvalue weighted by Crippen LogP contribution is 2.21. The minimum Gasteiger partial charge on any atom is -0.494 e. The van der Waals surface area contributed by atoms with E-state index in [1.54, 1.807) is 24.4 Å². The molecule has 0 aliphatic rings. The van der Waals surface area contributed by atoms with Gasteiger partial charge in [-0.3, -0.25) is 4.79 Å². The Balaban J connectivity index is 1.98. The highest BCUT2D eigenvalue weighted by atomic mass is 35.5. The molecular formula is C17H15Cl2NO2. The van der Waals surface area contributed by atoms with Crippen molar-refractivity contribution in [3.05, 3.63) is 70.3 Å². The number of hydrogen-bond donors (Lipinski definition) is 1. The van der Waals surface area contributed by atoms with Crippen molar-refractivity contribution in [3.63, 3.8) is 0 Å². The number of halogens is 2. The second-order valence-electron chi connectivity index (χ2n) is 4.42. The van der Waals surface area contributed by atoms with Crippen LogP contribution in [0.4, 0.5) is 5.69 Å². The summed E-state index contributed by atoms with van der Waals surface area (Å²) in [5, 5.41) is 3.85. The molecule has 2 rings (SSSR count). The first-order valence-electron chi connectivity index (χ1n) is 6.75. The van der Waals surface area contributed by atoms with Gasteiger partial charge in [-0.1, -0.05) is 23.2 Å². The standard InChI is InChI=1S/C17H15Cl2NO2/c1-2-22-14-6-4-13(5-7-14)20-10-9-17(21)15-8-3-12(18)11-16(15)19/h3-11,20H,2H2,1H3/b10-9+. The van der Waals surface area contributed by atoms with E-state index in [0.717, 1.165) is 11.4 Å². The van der Waals surface area contributed by atoms with Crippen LogP contribution in [-0.2, 0) is 0 Å². The van der Waals surface area contributed by atoms with E-state index in [1.807, 2.05) is 31.2 Å². The van der Waals surface area contributed by atoms with Gasteiger partial charge in [0.05, 0.1) is 11.6 Å². The third-order valence-electron chi connectivity index (χ3n) is 2.85. The minimum atomic E-state index is -0.194. The molecule has 22 heavy (non-hydrogen) atoms. The van der Waals surface area contributed by atoms with Crippen LogP contribution in [-0.4, -0.2) is 12.4 Å². The SMILES string of the molecule is CCOc1ccc(N/C=C/C(=O)c2ccc(Cl)cc2Cl)cc1. The van der Waals surface area contributed by atoms with Gasteiger partial charge in [-0.15, -0.1) is 0 Å². The van der Waals surface area contributed by atoms with Gasteiger partial charge in [0.15, 0.2) is 5.78 Å². The molecule has 0 atom stereocenters. The number of ketones is 1. The zero-order valence-electron chi connectivity index (χ0n) is 12.0. The first kappa shape index (κ1) is 16.4. The van der Waals surface area contributed by atoms with Crippen LogP contribution in [0.1, 0.15) is 17.3 Å². The summed E-state index contributed by atoms with van der Waals surface area (Å²) in [7, 11) is 0. The van der Waals surface area contributed by atoms with Gasteiger partial charge in [0.1, 0.15) is 5.75 Å². The van der Waals surface area contributed by atoms with Crippen molar-refractivity contribution in [2.24, 2.45) is 0 Å². The van der Waals surface area contributed by atoms with Gasteiger partial charge in [-0.2, -0.15) is 0 Å². The number of anilines is 1. The normalized spacial score (nSPS) is 10.7. The van der Waals surface area contributed by atoms with Gasteiger partial charge in [0, 0.05) is 28.5 Å². The average Bonchev–Trinajstić information content (AvgIpc) is 2.49. The monoisotopic (exact) mass is 335 g/mol. The van der Waals surface area contributed by atoms with Gasteiger partial charge < -0.3 is 10.1 Å². The Morgan fingerprint density at radius 3 is 2.55 bits per heavy atom. The molecule has 0 bridgehead atoms. The molecule has 0 amide bonds. The number of allylic oxidation sites excluding steroid dienone is 1. The lowest BCUT2D eigenvalue weighted by molar-refractivity contribution is 0.104. The summed E-state index contributed by atoms with van der Waals surface area (Å²) in [6, 6.07) is 12.2. The topological polar surface area (TPSA) is 38.3 Å². The molecule has 114 valence electrons. The van der Waals surface area contributed by atoms with Crippen LogP contribution < -0.4 is 10.1 Å². The molecule has 1 N–H and O–H groups in total. The average molecular weight is 336 g/mol. The van der Waals surface area contributed by atoms with Crippen LogP contribution in [0.15, 0.2) is 54.7 Å². The first-order chi connectivity index (χ1) is 10.6. The van der Waals surface area contributed by atoms with E-state index >= 15 is 0 Å². The zero-order chi connectivity index (χ0) is 15.9. The van der Waals surface area contributed by atoms with Gasteiger partial charge in [0.2, 0.25) is 0 Å². The molecule has 0 heterocycles. The molecule has 0 aliphatic heterocycles. The predicted molar refractivity (Wildman–Crippen MR) is 91.2 cm³/mol. The molecule has 0 fully saturated rings. The van der Waals surface area contributed by atoms with Crippen molar-refractivity contribution in [2.45, 2.75) is 6.92 Å². The minimum absolute atomic E-state index is 0.194. The Bertz CT molecular complexity index is 682. The van der Waals surface area contributed by atoms with E-state index in [0.29, 0.717) is 22.2 Å². The predicted octanol–water partition coefficient (Wildman–Crippen LogP) is 5.20. The van der Waals surface area contributed by atoms with Gasteiger partial charge >= 0.3 is 0 Å². The molecule has 2 aromatic carbocycles. The van der Waals surface area contributed by atoms with Crippen LogP contribution >= 0.6 is 23.2 Å². The molecule has 0 saturated heterocycles. The summed E-state index contributed by atoms with van der Waals surface area (Å²) in [6.45, 7) is 2.56. The van der Waals surface area contributed by atoms with E-state index < -0.39 is 0 Å². The van der Waals surface area contributed by atoms with Crippen LogP contribution in [0.2, 0.25) is 10.0 Å². The second kappa shape index (κ2) is 7.87. The molecule has 0 spiro atoms. The molecule has 2 aromatic rings. The molecular weight excluding hydrogens is 321 g/mol. The van der Waals surface area contributed by atoms with Gasteiger partial charge in [0.25, 0.3) is 0 Å². The molecule has 3 nitrogen and oxygen atoms in total. The van der Waals surface area contributed by atoms with E-state index in [-0.39, 0.29) is 5.78 Å². The molecule has 5 heteroatoms. The van der Waals surface area contributed by atoms with Crippen LogP contribution in [0.3, 0.4) is 0 Å². The third-order valence-corrected chi connectivity index (χ3v) is 3.39. The fourth-order valence-electron chi connectivity index (χ4n) is 1.81. The maximum absolute atomic E-state index is 12.0. The number of carbonyl (C=O) groups is 1. The smallest absolute Gasteiger partial charge is 0.188 e. The lowest BCUT2D eigenvalue weighted by atomic mass is 10.1. The summed E-state index contributed by atoms with van der Waals surface area (Å²) in [6.07, 6.45) is 2.99. The van der Waals surface area contributed by atoms with Crippen molar-refractivity contribution in [1.29, 1.82) is 0 Å². The Hall–Kier alpha value is -1.97. The number of ether oxygens (including phenoxy) is 1. The number of rotatable bonds is 6. The molecule has 0 saturated carbocycles. The summed E-state index contributed by atoms with van der Waals surface area (Å²) in [4.78, 5) is 12.0. The number of hydrogen-bond acceptors (Lipinski definition) is 3. The number of nitrogens with one attached hydrogen (secondary N) is 1. The van der Waals surface area contributed by atoms with Gasteiger partial charge in [-0.05, 0) is 49.4 Å². The van der Waals surface area contributed by atoms with Gasteiger partial charge in [-0.25, -0.2) is 0 Å². The van der Waals surface area contributed by atoms with Crippen LogP contribution in [0.25, 0.3) is 0 Å². The quantitative estimate of drug-likeness (QED) is 0.582. The second-order valence-corrected chi connectivity index (χ2v) is 5.27. The number of benzene rings is 2. The van der Waals surface area contributed by atoms with E-state index in [1.165, 1.54) is 6.08 Å². The molecule has 0 radical (unpaired) electrons. The summed E-state index contributed by atoms with van der Waals surface area (Å²) >= 11 is 11.8. The lowest BCUT2D eigenvalue weighted by Crippen LogP contribution is -1.97. The van der Waals surface area contributed by atoms with Crippen molar-refractivity contribution in [1.82, 2.24) is 0 Å². The Morgan fingerprint density at radius 2 is 1.91 bits per heavy atom. The Labute approximate surface area is 139 Å². The molecule has 0 aromatic heterocycles. The van der Waals surface area contributed by atoms with Crippen molar-refractivity contribution < 1.29 is 9.53 Å². The van der Waals surface area contributed by atoms with E-state index in [2.05, 4.69) is 5.32 Å². The maximum Gasteiger partial charge on any atom is 0.188 e. The highest BCUT2D eigenvalue weighted by molar-refractivity contribution is 6.37. The van der Waals surface area contributed by atoms with Crippen LogP contribution in [0, 0.1) is 0 Å². The fraction of sp³-hybridized carbons (Fsp3) is 0.118. The molecule has 0 unspecified atom stereocenters. The van der Waals surface area contributed by atoms with Crippen molar-refractivity contribution in [2.75, 3.05) is 11.9 Å². The highest BCUT2D eigenvalue weighted by Gasteiger charge is 2.07. The van der Waals surface area contributed by atoms with E-state index in [9.17, 15) is 4.79 Å². The molecule has 0 aliphatic carbocycles. The lowest BCUT2D eigenvalue weighted by Gasteiger charge is -2.04. The summed E-state index contributed by atoms with van der Waals surface area (Å²) in [5.41, 5.74) is 1.27. The Morgan fingerprint density at radius 1 is 1.18 bits per heavy atom. The third kappa shape index (κ3) is 4.52. The maximum atomic E-state index is 12.0. The summed E-state index contributed by atoms with van der Waals surface area (Å²) < 4.78 is 5.36. The fourth-order valence-corrected chi connectivity index (χ4v) is 2.31.